The van der Waals surface area contributed by atoms with Crippen LogP contribution in [0, 0.1) is 32.6 Å². The maximum absolute atomic E-state index is 12.1. The molecular formula is C22H28F3N5S2. The van der Waals surface area contributed by atoms with Crippen LogP contribution in [0.2, 0.25) is 0 Å². The summed E-state index contributed by atoms with van der Waals surface area (Å²) in [6, 6.07) is 3.44. The van der Waals surface area contributed by atoms with Crippen LogP contribution in [0.5, 0.6) is 0 Å². The predicted molar refractivity (Wildman–Crippen MR) is 128 cm³/mol. The highest BCUT2D eigenvalue weighted by atomic mass is 32.1. The number of nitrogens with zero attached hydrogens (tertiary/aromatic N) is 3. The smallest absolute Gasteiger partial charge is 0.316 e. The van der Waals surface area contributed by atoms with E-state index in [1.54, 1.807) is 23.5 Å². The van der Waals surface area contributed by atoms with Gasteiger partial charge in [0.15, 0.2) is 5.13 Å². The van der Waals surface area contributed by atoms with Crippen LogP contribution < -0.4 is 10.6 Å². The molecule has 0 aliphatic carbocycles. The number of rotatable bonds is 6. The quantitative estimate of drug-likeness (QED) is 0.388. The maximum atomic E-state index is 12.1. The van der Waals surface area contributed by atoms with Crippen LogP contribution in [0.4, 0.5) is 24.1 Å². The lowest BCUT2D eigenvalue weighted by Crippen LogP contribution is -2.28. The lowest BCUT2D eigenvalue weighted by Gasteiger charge is -2.08. The predicted octanol–water partition coefficient (Wildman–Crippen LogP) is 6.59. The number of thiazole rings is 2. The molecule has 3 aromatic heterocycles. The van der Waals surface area contributed by atoms with Crippen molar-refractivity contribution in [3.05, 3.63) is 40.0 Å². The third-order valence-electron chi connectivity index (χ3n) is 3.35. The number of pyridine rings is 1. The Morgan fingerprint density at radius 3 is 2.25 bits per heavy atom. The van der Waals surface area contributed by atoms with Gasteiger partial charge >= 0.3 is 6.18 Å². The highest BCUT2D eigenvalue weighted by molar-refractivity contribution is 7.16. The van der Waals surface area contributed by atoms with Gasteiger partial charge in [-0.05, 0) is 31.4 Å². The lowest BCUT2D eigenvalue weighted by atomic mass is 10.3. The molecular weight excluding hydrogens is 455 g/mol. The average molecular weight is 484 g/mol. The first-order valence-electron chi connectivity index (χ1n) is 9.76. The summed E-state index contributed by atoms with van der Waals surface area (Å²) in [5, 5.41) is 9.10. The molecule has 0 saturated heterocycles. The molecule has 3 heterocycles. The third kappa shape index (κ3) is 10.2. The molecule has 10 heteroatoms. The second kappa shape index (κ2) is 13.2. The number of halogens is 3. The number of hydrogen-bond donors (Lipinski definition) is 2. The normalized spacial score (nSPS) is 10.7. The molecule has 2 N–H and O–H groups in total. The number of hydrogen-bond acceptors (Lipinski definition) is 7. The fraction of sp³-hybridized carbons (Fsp3) is 0.409. The molecule has 3 rings (SSSR count). The van der Waals surface area contributed by atoms with E-state index in [0.717, 1.165) is 27.2 Å². The summed E-state index contributed by atoms with van der Waals surface area (Å²) in [5.74, 6) is 1.42. The Morgan fingerprint density at radius 1 is 1.09 bits per heavy atom. The van der Waals surface area contributed by atoms with E-state index < -0.39 is 12.7 Å². The van der Waals surface area contributed by atoms with Gasteiger partial charge < -0.3 is 10.6 Å². The molecule has 3 aromatic rings. The van der Waals surface area contributed by atoms with Gasteiger partial charge in [-0.2, -0.15) is 13.2 Å². The second-order valence-electron chi connectivity index (χ2n) is 7.31. The number of anilines is 2. The second-order valence-corrected chi connectivity index (χ2v) is 9.37. The van der Waals surface area contributed by atoms with Crippen molar-refractivity contribution in [1.29, 1.82) is 0 Å². The largest absolute Gasteiger partial charge is 0.401 e. The van der Waals surface area contributed by atoms with Gasteiger partial charge in [0.25, 0.3) is 0 Å². The summed E-state index contributed by atoms with van der Waals surface area (Å²) in [4.78, 5) is 14.2. The van der Waals surface area contributed by atoms with Gasteiger partial charge in [-0.3, -0.25) is 0 Å². The van der Waals surface area contributed by atoms with Crippen molar-refractivity contribution in [3.63, 3.8) is 0 Å². The molecule has 0 unspecified atom stereocenters. The summed E-state index contributed by atoms with van der Waals surface area (Å²) >= 11 is 3.06. The number of terminal acetylenes is 1. The monoisotopic (exact) mass is 483 g/mol. The van der Waals surface area contributed by atoms with Crippen molar-refractivity contribution in [3.8, 4) is 23.4 Å². The highest BCUT2D eigenvalue weighted by Crippen LogP contribution is 2.32. The molecule has 0 bridgehead atoms. The zero-order chi connectivity index (χ0) is 24.3. The number of nitrogens with one attached hydrogen (secondary N) is 2. The van der Waals surface area contributed by atoms with Crippen molar-refractivity contribution in [2.75, 3.05) is 11.9 Å². The number of aryl methyl sites for hydroxylation is 2. The molecule has 0 atom stereocenters. The Morgan fingerprint density at radius 2 is 1.75 bits per heavy atom. The van der Waals surface area contributed by atoms with Gasteiger partial charge in [0.1, 0.15) is 5.82 Å². The van der Waals surface area contributed by atoms with Crippen molar-refractivity contribution in [2.24, 2.45) is 5.92 Å². The molecule has 0 fully saturated rings. The summed E-state index contributed by atoms with van der Waals surface area (Å²) in [6.07, 6.45) is 5.32. The van der Waals surface area contributed by atoms with E-state index in [1.165, 1.54) is 17.5 Å². The van der Waals surface area contributed by atoms with Crippen LogP contribution in [0.15, 0.2) is 23.7 Å². The number of alkyl halides is 3. The minimum Gasteiger partial charge on any atom is -0.316 e. The van der Waals surface area contributed by atoms with E-state index in [2.05, 4.69) is 59.2 Å². The Balaban J connectivity index is 0.000000769. The molecule has 0 spiro atoms. The van der Waals surface area contributed by atoms with E-state index >= 15 is 0 Å². The molecule has 0 saturated carbocycles. The molecule has 5 nitrogen and oxygen atoms in total. The van der Waals surface area contributed by atoms with Crippen molar-refractivity contribution >= 4 is 33.6 Å². The SMILES string of the molecule is C#C.CC(C)C.Cc1nc(C)c(-c2csc(Nc3ccc(CNCC(F)(F)F)cn3)n2)s1. The zero-order valence-corrected chi connectivity index (χ0v) is 20.4. The first-order chi connectivity index (χ1) is 15.0. The Kier molecular flexibility index (Phi) is 11.3. The van der Waals surface area contributed by atoms with E-state index in [0.29, 0.717) is 16.5 Å². The van der Waals surface area contributed by atoms with Crippen molar-refractivity contribution < 1.29 is 13.2 Å². The zero-order valence-electron chi connectivity index (χ0n) is 18.7. The molecule has 0 radical (unpaired) electrons. The lowest BCUT2D eigenvalue weighted by molar-refractivity contribution is -0.125. The maximum Gasteiger partial charge on any atom is 0.401 e. The Hall–Kier alpha value is -2.48. The molecule has 0 aromatic carbocycles. The van der Waals surface area contributed by atoms with E-state index in [9.17, 15) is 13.2 Å². The third-order valence-corrected chi connectivity index (χ3v) is 5.21. The minimum atomic E-state index is -4.22. The Bertz CT molecular complexity index is 957. The van der Waals surface area contributed by atoms with Crippen molar-refractivity contribution in [1.82, 2.24) is 20.3 Å². The summed E-state index contributed by atoms with van der Waals surface area (Å²) in [5.41, 5.74) is 2.50. The molecule has 0 aliphatic heterocycles. The fourth-order valence-corrected chi connectivity index (χ4v) is 3.93. The standard InChI is InChI=1S/C16H16F3N5S2.C4H10.C2H2/c1-9-14(26-10(2)22-9)12-7-25-15(23-12)24-13-4-3-11(6-21-13)5-20-8-16(17,18)19;1-4(2)3;1-2/h3-4,6-7,20H,5,8H2,1-2H3,(H,21,23,24);4H,1-3H3;1-2H. The van der Waals surface area contributed by atoms with Gasteiger partial charge in [-0.25, -0.2) is 15.0 Å². The van der Waals surface area contributed by atoms with E-state index in [-0.39, 0.29) is 6.54 Å². The van der Waals surface area contributed by atoms with Crippen LogP contribution >= 0.6 is 22.7 Å². The van der Waals surface area contributed by atoms with Crippen LogP contribution in [0.1, 0.15) is 37.0 Å². The van der Waals surface area contributed by atoms with E-state index in [1.807, 2.05) is 19.2 Å². The fourth-order valence-electron chi connectivity index (χ4n) is 2.27. The summed E-state index contributed by atoms with van der Waals surface area (Å²) in [7, 11) is 0. The van der Waals surface area contributed by atoms with Gasteiger partial charge in [0.05, 0.1) is 27.8 Å². The Labute approximate surface area is 195 Å². The molecule has 0 aliphatic rings. The van der Waals surface area contributed by atoms with Crippen LogP contribution in [-0.2, 0) is 6.54 Å². The van der Waals surface area contributed by atoms with Gasteiger partial charge in [-0.15, -0.1) is 35.5 Å². The highest BCUT2D eigenvalue weighted by Gasteiger charge is 2.26. The average Bonchev–Trinajstić information content (AvgIpc) is 3.29. The summed E-state index contributed by atoms with van der Waals surface area (Å²) in [6.45, 7) is 9.50. The molecule has 174 valence electrons. The summed E-state index contributed by atoms with van der Waals surface area (Å²) < 4.78 is 36.4. The van der Waals surface area contributed by atoms with Crippen LogP contribution in [-0.4, -0.2) is 27.7 Å². The molecule has 32 heavy (non-hydrogen) atoms. The first-order valence-corrected chi connectivity index (χ1v) is 11.5. The van der Waals surface area contributed by atoms with Crippen molar-refractivity contribution in [2.45, 2.75) is 47.3 Å². The minimum absolute atomic E-state index is 0.109. The van der Waals surface area contributed by atoms with Gasteiger partial charge in [-0.1, -0.05) is 26.8 Å². The number of aromatic nitrogens is 3. The van der Waals surface area contributed by atoms with Gasteiger partial charge in [0, 0.05) is 18.1 Å². The first kappa shape index (κ1) is 27.6. The van der Waals surface area contributed by atoms with Crippen LogP contribution in [0.3, 0.4) is 0 Å². The topological polar surface area (TPSA) is 62.7 Å². The van der Waals surface area contributed by atoms with E-state index in [4.69, 9.17) is 0 Å². The van der Waals surface area contributed by atoms with Gasteiger partial charge in [0.2, 0.25) is 0 Å². The molecule has 0 amide bonds. The van der Waals surface area contributed by atoms with Crippen LogP contribution in [0.25, 0.3) is 10.6 Å².